The van der Waals surface area contributed by atoms with Crippen molar-refractivity contribution in [2.75, 3.05) is 0 Å². The van der Waals surface area contributed by atoms with Crippen molar-refractivity contribution in [3.63, 3.8) is 0 Å². The molecule has 0 aliphatic rings. The summed E-state index contributed by atoms with van der Waals surface area (Å²) in [5.74, 6) is 0. The number of alkyl halides is 4. The van der Waals surface area contributed by atoms with Gasteiger partial charge in [0, 0.05) is 9.80 Å². The summed E-state index contributed by atoms with van der Waals surface area (Å²) in [6, 6.07) is 2.36. The van der Waals surface area contributed by atoms with Gasteiger partial charge in [-0.2, -0.15) is 13.2 Å². The van der Waals surface area contributed by atoms with E-state index in [0.717, 1.165) is 6.07 Å². The third-order valence-electron chi connectivity index (χ3n) is 1.61. The molecule has 6 heteroatoms. The van der Waals surface area contributed by atoms with E-state index >= 15 is 0 Å². The summed E-state index contributed by atoms with van der Waals surface area (Å²) in [6.07, 6.45) is -4.38. The van der Waals surface area contributed by atoms with Crippen LogP contribution in [-0.2, 0) is 11.5 Å². The Morgan fingerprint density at radius 2 is 1.86 bits per heavy atom. The maximum atomic E-state index is 12.4. The van der Waals surface area contributed by atoms with Crippen LogP contribution in [0.1, 0.15) is 11.1 Å². The smallest absolute Gasteiger partial charge is 0.166 e. The van der Waals surface area contributed by atoms with Crippen LogP contribution in [0.4, 0.5) is 13.2 Å². The lowest BCUT2D eigenvalue weighted by molar-refractivity contribution is -0.138. The molecule has 0 saturated carbocycles. The predicted molar refractivity (Wildman–Crippen MR) is 56.8 cm³/mol. The largest absolute Gasteiger partial charge is 0.417 e. The maximum Gasteiger partial charge on any atom is 0.417 e. The first kappa shape index (κ1) is 12.3. The molecule has 1 aromatic rings. The molecule has 0 radical (unpaired) electrons. The first-order chi connectivity index (χ1) is 6.38. The lowest BCUT2D eigenvalue weighted by Crippen LogP contribution is -2.06. The number of halogens is 6. The molecule has 0 unspecified atom stereocenters. The summed E-state index contributed by atoms with van der Waals surface area (Å²) in [4.78, 5) is 0. The molecule has 0 aliphatic carbocycles. The summed E-state index contributed by atoms with van der Waals surface area (Å²) >= 11 is 11.7. The molecule has 0 spiro atoms. The Bertz CT molecular complexity index is 349. The van der Waals surface area contributed by atoms with Crippen LogP contribution in [0.3, 0.4) is 0 Å². The van der Waals surface area contributed by atoms with Crippen molar-refractivity contribution >= 4 is 43.5 Å². The molecule has 14 heavy (non-hydrogen) atoms. The zero-order valence-electron chi connectivity index (χ0n) is 6.63. The Hall–Kier alpha value is 0.260. The van der Waals surface area contributed by atoms with Crippen molar-refractivity contribution in [2.24, 2.45) is 0 Å². The van der Waals surface area contributed by atoms with Gasteiger partial charge < -0.3 is 0 Å². The maximum absolute atomic E-state index is 12.4. The minimum absolute atomic E-state index is 0.0942. The average molecular weight is 352 g/mol. The minimum atomic E-state index is -4.38. The van der Waals surface area contributed by atoms with Gasteiger partial charge in [-0.1, -0.05) is 33.6 Å². The van der Waals surface area contributed by atoms with Crippen molar-refractivity contribution in [3.05, 3.63) is 32.8 Å². The fourth-order valence-corrected chi connectivity index (χ4v) is 2.38. The number of rotatable bonds is 1. The SMILES string of the molecule is FC(F)(F)c1ccc(CBr)c(Cl)c1Br. The van der Waals surface area contributed by atoms with Gasteiger partial charge in [-0.3, -0.25) is 0 Å². The molecule has 1 aromatic carbocycles. The van der Waals surface area contributed by atoms with Crippen LogP contribution < -0.4 is 0 Å². The second kappa shape index (κ2) is 4.41. The number of hydrogen-bond donors (Lipinski definition) is 0. The third-order valence-corrected chi connectivity index (χ3v) is 3.70. The molecule has 0 aromatic heterocycles. The first-order valence-corrected chi connectivity index (χ1v) is 5.77. The second-order valence-electron chi connectivity index (χ2n) is 2.53. The first-order valence-electron chi connectivity index (χ1n) is 3.48. The fourth-order valence-electron chi connectivity index (χ4n) is 0.912. The second-order valence-corrected chi connectivity index (χ2v) is 4.26. The highest BCUT2D eigenvalue weighted by molar-refractivity contribution is 9.10. The van der Waals surface area contributed by atoms with E-state index in [1.54, 1.807) is 0 Å². The predicted octanol–water partition coefficient (Wildman–Crippen LogP) is 5.02. The van der Waals surface area contributed by atoms with Gasteiger partial charge in [0.1, 0.15) is 0 Å². The standard InChI is InChI=1S/C8H4Br2ClF3/c9-3-4-1-2-5(8(12,13)14)6(10)7(4)11/h1-2H,3H2. The highest BCUT2D eigenvalue weighted by Crippen LogP contribution is 2.40. The van der Waals surface area contributed by atoms with Crippen molar-refractivity contribution in [3.8, 4) is 0 Å². The van der Waals surface area contributed by atoms with Crippen LogP contribution in [0.2, 0.25) is 5.02 Å². The summed E-state index contributed by atoms with van der Waals surface area (Å²) < 4.78 is 37.0. The van der Waals surface area contributed by atoms with Crippen LogP contribution >= 0.6 is 43.5 Å². The highest BCUT2D eigenvalue weighted by Gasteiger charge is 2.34. The Morgan fingerprint density at radius 1 is 1.29 bits per heavy atom. The molecule has 78 valence electrons. The van der Waals surface area contributed by atoms with Crippen molar-refractivity contribution in [1.82, 2.24) is 0 Å². The van der Waals surface area contributed by atoms with Gasteiger partial charge >= 0.3 is 6.18 Å². The van der Waals surface area contributed by atoms with Crippen LogP contribution in [0.15, 0.2) is 16.6 Å². The molecule has 0 bridgehead atoms. The van der Waals surface area contributed by atoms with E-state index < -0.39 is 11.7 Å². The Kier molecular flexibility index (Phi) is 3.88. The van der Waals surface area contributed by atoms with Crippen molar-refractivity contribution < 1.29 is 13.2 Å². The van der Waals surface area contributed by atoms with Crippen molar-refractivity contribution in [2.45, 2.75) is 11.5 Å². The monoisotopic (exact) mass is 350 g/mol. The van der Waals surface area contributed by atoms with Crippen LogP contribution in [0.25, 0.3) is 0 Å². The Balaban J connectivity index is 3.31. The zero-order chi connectivity index (χ0) is 10.9. The summed E-state index contributed by atoms with van der Waals surface area (Å²) in [5.41, 5.74) is -0.140. The van der Waals surface area contributed by atoms with E-state index in [4.69, 9.17) is 11.6 Å². The lowest BCUT2D eigenvalue weighted by atomic mass is 10.1. The Labute approximate surface area is 101 Å². The molecule has 0 heterocycles. The van der Waals surface area contributed by atoms with E-state index in [2.05, 4.69) is 31.9 Å². The molecule has 0 fully saturated rings. The van der Waals surface area contributed by atoms with Gasteiger partial charge in [0.15, 0.2) is 0 Å². The number of benzene rings is 1. The van der Waals surface area contributed by atoms with E-state index in [0.29, 0.717) is 10.9 Å². The molecular weight excluding hydrogens is 348 g/mol. The van der Waals surface area contributed by atoms with Gasteiger partial charge in [0.25, 0.3) is 0 Å². The third kappa shape index (κ3) is 2.44. The quantitative estimate of drug-likeness (QED) is 0.623. The van der Waals surface area contributed by atoms with Gasteiger partial charge in [-0.25, -0.2) is 0 Å². The van der Waals surface area contributed by atoms with Gasteiger partial charge in [0.05, 0.1) is 10.6 Å². The summed E-state index contributed by atoms with van der Waals surface area (Å²) in [6.45, 7) is 0. The molecule has 0 saturated heterocycles. The van der Waals surface area contributed by atoms with E-state index in [1.807, 2.05) is 0 Å². The molecule has 0 nitrogen and oxygen atoms in total. The summed E-state index contributed by atoms with van der Waals surface area (Å²) in [7, 11) is 0. The molecule has 0 atom stereocenters. The van der Waals surface area contributed by atoms with Crippen LogP contribution in [0, 0.1) is 0 Å². The lowest BCUT2D eigenvalue weighted by Gasteiger charge is -2.11. The normalized spacial score (nSPS) is 11.9. The molecule has 0 N–H and O–H groups in total. The topological polar surface area (TPSA) is 0 Å². The van der Waals surface area contributed by atoms with Gasteiger partial charge in [-0.15, -0.1) is 0 Å². The summed E-state index contributed by atoms with van der Waals surface area (Å²) in [5, 5.41) is 0.513. The molecule has 1 rings (SSSR count). The molecule has 0 aliphatic heterocycles. The van der Waals surface area contributed by atoms with E-state index in [1.165, 1.54) is 6.07 Å². The fraction of sp³-hybridized carbons (Fsp3) is 0.250. The van der Waals surface area contributed by atoms with Crippen LogP contribution in [0.5, 0.6) is 0 Å². The van der Waals surface area contributed by atoms with Gasteiger partial charge in [-0.05, 0) is 27.6 Å². The average Bonchev–Trinajstić information content (AvgIpc) is 2.07. The van der Waals surface area contributed by atoms with Gasteiger partial charge in [0.2, 0.25) is 0 Å². The Morgan fingerprint density at radius 3 is 2.29 bits per heavy atom. The van der Waals surface area contributed by atoms with Crippen molar-refractivity contribution in [1.29, 1.82) is 0 Å². The number of hydrogen-bond acceptors (Lipinski definition) is 0. The molecule has 0 amide bonds. The van der Waals surface area contributed by atoms with E-state index in [9.17, 15) is 13.2 Å². The minimum Gasteiger partial charge on any atom is -0.166 e. The highest BCUT2D eigenvalue weighted by atomic mass is 79.9. The molecular formula is C8H4Br2ClF3. The zero-order valence-corrected chi connectivity index (χ0v) is 10.6. The van der Waals surface area contributed by atoms with Crippen LogP contribution in [-0.4, -0.2) is 0 Å². The van der Waals surface area contributed by atoms with E-state index in [-0.39, 0.29) is 9.50 Å².